The summed E-state index contributed by atoms with van der Waals surface area (Å²) in [6.45, 7) is 1.92. The van der Waals surface area contributed by atoms with Gasteiger partial charge in [0.25, 0.3) is 0 Å². The summed E-state index contributed by atoms with van der Waals surface area (Å²) in [5.74, 6) is -1.26. The number of rotatable bonds is 6. The average Bonchev–Trinajstić information content (AvgIpc) is 3.24. The van der Waals surface area contributed by atoms with Gasteiger partial charge < -0.3 is 19.3 Å². The van der Waals surface area contributed by atoms with Crippen LogP contribution in [0.4, 0.5) is 0 Å². The Hall–Kier alpha value is -2.40. The lowest BCUT2D eigenvalue weighted by Crippen LogP contribution is -2.40. The van der Waals surface area contributed by atoms with Gasteiger partial charge >= 0.3 is 11.9 Å². The summed E-state index contributed by atoms with van der Waals surface area (Å²) in [6.07, 6.45) is -0.592. The Morgan fingerprint density at radius 3 is 2.40 bits per heavy atom. The van der Waals surface area contributed by atoms with Crippen LogP contribution in [0.15, 0.2) is 10.2 Å². The monoisotopic (exact) mass is 453 g/mol. The lowest BCUT2D eigenvalue weighted by molar-refractivity contribution is -0.165. The minimum atomic E-state index is -1.11. The average molecular weight is 454 g/mol. The largest absolute Gasteiger partial charge is 0.456 e. The SMILES string of the molecule is CSc1nc(SC)c2c(C#N)nn([C@@H]3O[C@H](CO)[C@@H](OC(C)=O)[C@H]3OC(C)=O)c2n1. The van der Waals surface area contributed by atoms with E-state index in [1.165, 1.54) is 42.1 Å². The number of aliphatic hydroxyl groups is 1. The Labute approximate surface area is 180 Å². The van der Waals surface area contributed by atoms with Crippen molar-refractivity contribution in [1.82, 2.24) is 19.7 Å². The number of esters is 2. The maximum absolute atomic E-state index is 11.7. The fourth-order valence-electron chi connectivity index (χ4n) is 3.19. The molecule has 0 aromatic carbocycles. The van der Waals surface area contributed by atoms with Gasteiger partial charge in [0.1, 0.15) is 17.2 Å². The second kappa shape index (κ2) is 9.17. The van der Waals surface area contributed by atoms with Gasteiger partial charge in [0.05, 0.1) is 12.0 Å². The van der Waals surface area contributed by atoms with Crippen molar-refractivity contribution >= 4 is 46.5 Å². The minimum Gasteiger partial charge on any atom is -0.456 e. The zero-order valence-electron chi connectivity index (χ0n) is 16.6. The molecule has 13 heteroatoms. The van der Waals surface area contributed by atoms with Crippen molar-refractivity contribution in [2.75, 3.05) is 19.1 Å². The smallest absolute Gasteiger partial charge is 0.303 e. The van der Waals surface area contributed by atoms with Gasteiger partial charge in [0.2, 0.25) is 0 Å². The highest BCUT2D eigenvalue weighted by atomic mass is 32.2. The van der Waals surface area contributed by atoms with Gasteiger partial charge in [-0.05, 0) is 12.5 Å². The molecule has 0 aliphatic carbocycles. The first-order valence-electron chi connectivity index (χ1n) is 8.73. The van der Waals surface area contributed by atoms with Crippen molar-refractivity contribution in [1.29, 1.82) is 5.26 Å². The van der Waals surface area contributed by atoms with Gasteiger partial charge in [0.15, 0.2) is 34.9 Å². The first-order chi connectivity index (χ1) is 14.3. The Morgan fingerprint density at radius 1 is 1.20 bits per heavy atom. The molecule has 2 aromatic heterocycles. The van der Waals surface area contributed by atoms with Crippen molar-refractivity contribution in [3.05, 3.63) is 5.69 Å². The number of hydrogen-bond acceptors (Lipinski definition) is 12. The molecular formula is C17H19N5O6S2. The third-order valence-corrected chi connectivity index (χ3v) is 5.52. The van der Waals surface area contributed by atoms with Gasteiger partial charge in [-0.15, -0.1) is 11.8 Å². The predicted octanol–water partition coefficient (Wildman–Crippen LogP) is 0.895. The summed E-state index contributed by atoms with van der Waals surface area (Å²) >= 11 is 2.65. The second-order valence-electron chi connectivity index (χ2n) is 6.22. The first kappa shape index (κ1) is 22.3. The first-order valence-corrected chi connectivity index (χ1v) is 11.2. The van der Waals surface area contributed by atoms with Crippen LogP contribution in [0.5, 0.6) is 0 Å². The molecule has 0 saturated carbocycles. The zero-order chi connectivity index (χ0) is 22.0. The van der Waals surface area contributed by atoms with Crippen LogP contribution in [0, 0.1) is 11.3 Å². The number of carbonyl (C=O) groups is 2. The molecule has 0 bridgehead atoms. The van der Waals surface area contributed by atoms with Crippen LogP contribution in [0.3, 0.4) is 0 Å². The molecule has 1 fully saturated rings. The third kappa shape index (κ3) is 4.08. The fourth-order valence-corrected chi connectivity index (χ4v) is 4.17. The molecule has 30 heavy (non-hydrogen) atoms. The van der Waals surface area contributed by atoms with Crippen LogP contribution in [0.2, 0.25) is 0 Å². The summed E-state index contributed by atoms with van der Waals surface area (Å²) in [4.78, 5) is 32.2. The van der Waals surface area contributed by atoms with Gasteiger partial charge in [-0.2, -0.15) is 10.4 Å². The second-order valence-corrected chi connectivity index (χ2v) is 7.79. The molecule has 0 unspecified atom stereocenters. The number of nitrogens with zero attached hydrogens (tertiary/aromatic N) is 5. The van der Waals surface area contributed by atoms with E-state index < -0.39 is 43.1 Å². The van der Waals surface area contributed by atoms with Gasteiger partial charge in [-0.25, -0.2) is 14.6 Å². The number of thioether (sulfide) groups is 2. The summed E-state index contributed by atoms with van der Waals surface area (Å²) < 4.78 is 17.8. The normalized spacial score (nSPS) is 23.3. The Balaban J connectivity index is 2.20. The van der Waals surface area contributed by atoms with E-state index in [1.807, 2.05) is 18.6 Å². The topological polar surface area (TPSA) is 149 Å². The van der Waals surface area contributed by atoms with Crippen LogP contribution in [-0.4, -0.2) is 74.2 Å². The molecule has 0 amide bonds. The lowest BCUT2D eigenvalue weighted by Gasteiger charge is -2.23. The fraction of sp³-hybridized carbons (Fsp3) is 0.529. The molecule has 11 nitrogen and oxygen atoms in total. The maximum atomic E-state index is 11.7. The molecule has 0 radical (unpaired) electrons. The molecule has 1 saturated heterocycles. The van der Waals surface area contributed by atoms with Crippen molar-refractivity contribution in [3.8, 4) is 6.07 Å². The van der Waals surface area contributed by atoms with Crippen molar-refractivity contribution < 1.29 is 28.9 Å². The van der Waals surface area contributed by atoms with Crippen LogP contribution < -0.4 is 0 Å². The van der Waals surface area contributed by atoms with Crippen molar-refractivity contribution in [2.24, 2.45) is 0 Å². The Morgan fingerprint density at radius 2 is 1.87 bits per heavy atom. The molecule has 3 heterocycles. The molecule has 160 valence electrons. The number of fused-ring (bicyclic) bond motifs is 1. The van der Waals surface area contributed by atoms with Gasteiger partial charge in [-0.3, -0.25) is 9.59 Å². The van der Waals surface area contributed by atoms with E-state index in [4.69, 9.17) is 14.2 Å². The molecule has 1 N–H and O–H groups in total. The molecule has 1 aliphatic heterocycles. The van der Waals surface area contributed by atoms with E-state index in [1.54, 1.807) is 0 Å². The quantitative estimate of drug-likeness (QED) is 0.286. The van der Waals surface area contributed by atoms with Crippen LogP contribution in [0.1, 0.15) is 25.8 Å². The molecule has 4 atom stereocenters. The van der Waals surface area contributed by atoms with Crippen LogP contribution >= 0.6 is 23.5 Å². The summed E-state index contributed by atoms with van der Waals surface area (Å²) in [6, 6.07) is 2.02. The lowest BCUT2D eigenvalue weighted by atomic mass is 10.1. The number of hydrogen-bond donors (Lipinski definition) is 1. The number of ether oxygens (including phenoxy) is 3. The third-order valence-electron chi connectivity index (χ3n) is 4.29. The summed E-state index contributed by atoms with van der Waals surface area (Å²) in [5, 5.41) is 25.1. The maximum Gasteiger partial charge on any atom is 0.303 e. The minimum absolute atomic E-state index is 0.0728. The van der Waals surface area contributed by atoms with Crippen LogP contribution in [-0.2, 0) is 23.8 Å². The zero-order valence-corrected chi connectivity index (χ0v) is 18.2. The summed E-state index contributed by atoms with van der Waals surface area (Å²) in [7, 11) is 0. The van der Waals surface area contributed by atoms with Crippen molar-refractivity contribution in [3.63, 3.8) is 0 Å². The molecule has 1 aliphatic rings. The number of aliphatic hydroxyl groups excluding tert-OH is 1. The van der Waals surface area contributed by atoms with E-state index in [9.17, 15) is 20.0 Å². The molecule has 2 aromatic rings. The van der Waals surface area contributed by atoms with E-state index >= 15 is 0 Å². The highest BCUT2D eigenvalue weighted by molar-refractivity contribution is 7.99. The van der Waals surface area contributed by atoms with Crippen molar-refractivity contribution in [2.45, 2.75) is 48.6 Å². The predicted molar refractivity (Wildman–Crippen MR) is 106 cm³/mol. The van der Waals surface area contributed by atoms with E-state index in [-0.39, 0.29) is 5.69 Å². The molecule has 3 rings (SSSR count). The van der Waals surface area contributed by atoms with Gasteiger partial charge in [-0.1, -0.05) is 11.8 Å². The molecular weight excluding hydrogens is 434 g/mol. The Kier molecular flexibility index (Phi) is 6.81. The number of nitriles is 1. The highest BCUT2D eigenvalue weighted by Crippen LogP contribution is 2.37. The van der Waals surface area contributed by atoms with E-state index in [2.05, 4.69) is 15.1 Å². The highest BCUT2D eigenvalue weighted by Gasteiger charge is 2.51. The summed E-state index contributed by atoms with van der Waals surface area (Å²) in [5.41, 5.74) is 0.376. The number of aromatic nitrogens is 4. The standard InChI is InChI=1S/C17H19N5O6S2/c1-7(24)26-12-10(6-23)28-16(13(12)27-8(2)25)22-14-11(9(5-18)21-22)15(29-3)20-17(19-14)30-4/h10,12-13,16,23H,6H2,1-4H3/t10-,12-,13-,16-/m1/s1. The van der Waals surface area contributed by atoms with Gasteiger partial charge in [0, 0.05) is 13.8 Å². The van der Waals surface area contributed by atoms with E-state index in [0.717, 1.165) is 0 Å². The Bertz CT molecular complexity index is 1020. The van der Waals surface area contributed by atoms with Crippen LogP contribution in [0.25, 0.3) is 11.0 Å². The number of carbonyl (C=O) groups excluding carboxylic acids is 2. The molecule has 0 spiro atoms. The van der Waals surface area contributed by atoms with E-state index in [0.29, 0.717) is 21.2 Å².